The van der Waals surface area contributed by atoms with Gasteiger partial charge in [-0.25, -0.2) is 0 Å². The maximum Gasteiger partial charge on any atom is 0.146 e. The zero-order valence-electron chi connectivity index (χ0n) is 11.7. The third-order valence-electron chi connectivity index (χ3n) is 2.39. The van der Waals surface area contributed by atoms with Crippen LogP contribution in [0.15, 0.2) is 42.5 Å². The lowest BCUT2D eigenvalue weighted by Gasteiger charge is -2.09. The highest BCUT2D eigenvalue weighted by molar-refractivity contribution is 6.32. The molecule has 0 unspecified atom stereocenters. The Balaban J connectivity index is 0.000000861. The van der Waals surface area contributed by atoms with E-state index in [9.17, 15) is 0 Å². The molecule has 0 saturated heterocycles. The Labute approximate surface area is 119 Å². The predicted molar refractivity (Wildman–Crippen MR) is 80.6 cm³/mol. The minimum atomic E-state index is 0.532. The van der Waals surface area contributed by atoms with E-state index in [0.29, 0.717) is 16.5 Å². The molecule has 0 saturated carbocycles. The van der Waals surface area contributed by atoms with Gasteiger partial charge >= 0.3 is 0 Å². The first kappa shape index (κ1) is 15.4. The normalized spacial score (nSPS) is 9.32. The van der Waals surface area contributed by atoms with E-state index in [4.69, 9.17) is 21.1 Å². The number of ether oxygens (including phenoxy) is 2. The topological polar surface area (TPSA) is 18.5 Å². The fourth-order valence-corrected chi connectivity index (χ4v) is 1.63. The quantitative estimate of drug-likeness (QED) is 0.740. The third kappa shape index (κ3) is 4.49. The zero-order valence-corrected chi connectivity index (χ0v) is 12.5. The molecule has 0 spiro atoms. The van der Waals surface area contributed by atoms with Gasteiger partial charge in [-0.1, -0.05) is 43.1 Å². The molecule has 102 valence electrons. The zero-order chi connectivity index (χ0) is 14.3. The van der Waals surface area contributed by atoms with Crippen molar-refractivity contribution in [2.24, 2.45) is 0 Å². The first-order valence-electron chi connectivity index (χ1n) is 6.27. The third-order valence-corrected chi connectivity index (χ3v) is 2.68. The minimum absolute atomic E-state index is 0.532. The van der Waals surface area contributed by atoms with Crippen molar-refractivity contribution in [3.8, 4) is 17.2 Å². The number of halogens is 1. The van der Waals surface area contributed by atoms with Crippen LogP contribution in [0.5, 0.6) is 17.2 Å². The van der Waals surface area contributed by atoms with E-state index >= 15 is 0 Å². The van der Waals surface area contributed by atoms with Gasteiger partial charge in [-0.05, 0) is 31.2 Å². The summed E-state index contributed by atoms with van der Waals surface area (Å²) in [6.07, 6.45) is 0. The van der Waals surface area contributed by atoms with Gasteiger partial charge in [0.05, 0.1) is 12.1 Å². The molecule has 0 bridgehead atoms. The maximum absolute atomic E-state index is 6.08. The average molecular weight is 279 g/mol. The van der Waals surface area contributed by atoms with Crippen molar-refractivity contribution in [3.05, 3.63) is 53.1 Å². The van der Waals surface area contributed by atoms with Crippen LogP contribution in [-0.4, -0.2) is 7.11 Å². The Morgan fingerprint density at radius 3 is 2.00 bits per heavy atom. The Kier molecular flexibility index (Phi) is 6.23. The van der Waals surface area contributed by atoms with Gasteiger partial charge in [0.2, 0.25) is 0 Å². The van der Waals surface area contributed by atoms with Crippen LogP contribution in [0.25, 0.3) is 0 Å². The van der Waals surface area contributed by atoms with E-state index in [2.05, 4.69) is 0 Å². The van der Waals surface area contributed by atoms with Crippen molar-refractivity contribution >= 4 is 11.6 Å². The second-order valence-corrected chi connectivity index (χ2v) is 4.12. The number of hydrogen-bond acceptors (Lipinski definition) is 2. The summed E-state index contributed by atoms with van der Waals surface area (Å²) in [5.74, 6) is 2.10. The van der Waals surface area contributed by atoms with Crippen molar-refractivity contribution in [1.82, 2.24) is 0 Å². The fraction of sp³-hybridized carbons (Fsp3) is 0.250. The summed E-state index contributed by atoms with van der Waals surface area (Å²) < 4.78 is 10.8. The number of hydrogen-bond donors (Lipinski definition) is 0. The summed E-state index contributed by atoms with van der Waals surface area (Å²) in [4.78, 5) is 0. The van der Waals surface area contributed by atoms with Crippen LogP contribution in [0, 0.1) is 6.92 Å². The highest BCUT2D eigenvalue weighted by Crippen LogP contribution is 2.32. The van der Waals surface area contributed by atoms with E-state index < -0.39 is 0 Å². The van der Waals surface area contributed by atoms with E-state index in [1.54, 1.807) is 19.2 Å². The molecule has 0 atom stereocenters. The molecule has 19 heavy (non-hydrogen) atoms. The number of methoxy groups -OCH3 is 1. The summed E-state index contributed by atoms with van der Waals surface area (Å²) >= 11 is 6.08. The maximum atomic E-state index is 6.08. The lowest BCUT2D eigenvalue weighted by molar-refractivity contribution is 0.413. The summed E-state index contributed by atoms with van der Waals surface area (Å²) in [7, 11) is 1.60. The van der Waals surface area contributed by atoms with Crippen LogP contribution in [0.4, 0.5) is 0 Å². The van der Waals surface area contributed by atoms with Gasteiger partial charge in [-0.3, -0.25) is 0 Å². The van der Waals surface area contributed by atoms with E-state index in [-0.39, 0.29) is 0 Å². The van der Waals surface area contributed by atoms with Crippen molar-refractivity contribution in [2.45, 2.75) is 20.8 Å². The van der Waals surface area contributed by atoms with Crippen molar-refractivity contribution < 1.29 is 9.47 Å². The van der Waals surface area contributed by atoms with Gasteiger partial charge in [0.1, 0.15) is 17.2 Å². The van der Waals surface area contributed by atoms with Gasteiger partial charge in [0.15, 0.2) is 0 Å². The molecule has 0 aromatic heterocycles. The molecular weight excluding hydrogens is 260 g/mol. The van der Waals surface area contributed by atoms with Gasteiger partial charge in [0.25, 0.3) is 0 Å². The first-order chi connectivity index (χ1) is 9.19. The van der Waals surface area contributed by atoms with Crippen LogP contribution in [0.3, 0.4) is 0 Å². The summed E-state index contributed by atoms with van der Waals surface area (Å²) in [5, 5.41) is 0.532. The van der Waals surface area contributed by atoms with E-state index in [1.807, 2.05) is 51.1 Å². The Morgan fingerprint density at radius 2 is 1.47 bits per heavy atom. The molecule has 0 aliphatic carbocycles. The molecule has 2 aromatic rings. The highest BCUT2D eigenvalue weighted by atomic mass is 35.5. The first-order valence-corrected chi connectivity index (χ1v) is 6.65. The number of aryl methyl sites for hydroxylation is 1. The van der Waals surface area contributed by atoms with Crippen LogP contribution in [0.2, 0.25) is 5.02 Å². The van der Waals surface area contributed by atoms with Gasteiger partial charge < -0.3 is 9.47 Å². The summed E-state index contributed by atoms with van der Waals surface area (Å²) in [5.41, 5.74) is 1.19. The van der Waals surface area contributed by atoms with Gasteiger partial charge in [-0.2, -0.15) is 0 Å². The average Bonchev–Trinajstić information content (AvgIpc) is 2.45. The second-order valence-electron chi connectivity index (χ2n) is 3.71. The highest BCUT2D eigenvalue weighted by Gasteiger charge is 2.04. The van der Waals surface area contributed by atoms with Gasteiger partial charge in [0, 0.05) is 6.07 Å². The van der Waals surface area contributed by atoms with Crippen molar-refractivity contribution in [2.75, 3.05) is 7.11 Å². The standard InChI is InChI=1S/C14H13ClO2.C2H6/c1-10-3-5-11(6-4-10)17-14-8-7-12(16-2)9-13(14)15;1-2/h3-9H,1-2H3;1-2H3. The molecule has 2 nitrogen and oxygen atoms in total. The van der Waals surface area contributed by atoms with E-state index in [1.165, 1.54) is 5.56 Å². The molecular formula is C16H19ClO2. The van der Waals surface area contributed by atoms with Crippen molar-refractivity contribution in [1.29, 1.82) is 0 Å². The lowest BCUT2D eigenvalue weighted by atomic mass is 10.2. The van der Waals surface area contributed by atoms with Crippen LogP contribution in [0.1, 0.15) is 19.4 Å². The van der Waals surface area contributed by atoms with E-state index in [0.717, 1.165) is 5.75 Å². The van der Waals surface area contributed by atoms with Crippen LogP contribution in [-0.2, 0) is 0 Å². The van der Waals surface area contributed by atoms with Gasteiger partial charge in [-0.15, -0.1) is 0 Å². The molecule has 0 heterocycles. The molecule has 3 heteroatoms. The number of benzene rings is 2. The Morgan fingerprint density at radius 1 is 0.895 bits per heavy atom. The summed E-state index contributed by atoms with van der Waals surface area (Å²) in [6.45, 7) is 6.03. The molecule has 0 radical (unpaired) electrons. The SMILES string of the molecule is CC.COc1ccc(Oc2ccc(C)cc2)c(Cl)c1. The molecule has 0 N–H and O–H groups in total. The predicted octanol–water partition coefficient (Wildman–Crippen LogP) is 5.48. The van der Waals surface area contributed by atoms with Crippen LogP contribution < -0.4 is 9.47 Å². The van der Waals surface area contributed by atoms with Crippen molar-refractivity contribution in [3.63, 3.8) is 0 Å². The molecule has 0 amide bonds. The fourth-order valence-electron chi connectivity index (χ4n) is 1.42. The molecule has 0 aliphatic heterocycles. The second kappa shape index (κ2) is 7.70. The minimum Gasteiger partial charge on any atom is -0.497 e. The number of rotatable bonds is 3. The lowest BCUT2D eigenvalue weighted by Crippen LogP contribution is -1.87. The monoisotopic (exact) mass is 278 g/mol. The molecule has 2 aromatic carbocycles. The molecule has 0 aliphatic rings. The smallest absolute Gasteiger partial charge is 0.146 e. The Hall–Kier alpha value is -1.67. The Bertz CT molecular complexity index is 507. The van der Waals surface area contributed by atoms with Crippen LogP contribution >= 0.6 is 11.6 Å². The largest absolute Gasteiger partial charge is 0.497 e. The summed E-state index contributed by atoms with van der Waals surface area (Å²) in [6, 6.07) is 13.1. The molecule has 2 rings (SSSR count). The molecule has 0 fully saturated rings.